The minimum absolute atomic E-state index is 0.137. The third-order valence-corrected chi connectivity index (χ3v) is 2.87. The monoisotopic (exact) mass is 257 g/mol. The highest BCUT2D eigenvalue weighted by molar-refractivity contribution is 5.54. The Morgan fingerprint density at radius 2 is 1.89 bits per heavy atom. The van der Waals surface area contributed by atoms with Crippen LogP contribution in [-0.4, -0.2) is 4.92 Å². The van der Waals surface area contributed by atoms with Crippen molar-refractivity contribution in [2.75, 3.05) is 11.1 Å². The Balaban J connectivity index is 2.06. The molecule has 0 radical (unpaired) electrons. The summed E-state index contributed by atoms with van der Waals surface area (Å²) >= 11 is 0. The number of aryl methyl sites for hydroxylation is 1. The topological polar surface area (TPSA) is 81.2 Å². The largest absolute Gasteiger partial charge is 0.399 e. The highest BCUT2D eigenvalue weighted by atomic mass is 16.6. The molecule has 0 amide bonds. The minimum Gasteiger partial charge on any atom is -0.399 e. The molecule has 98 valence electrons. The van der Waals surface area contributed by atoms with E-state index in [4.69, 9.17) is 5.73 Å². The van der Waals surface area contributed by atoms with Crippen LogP contribution >= 0.6 is 0 Å². The van der Waals surface area contributed by atoms with Gasteiger partial charge in [-0.05, 0) is 36.8 Å². The lowest BCUT2D eigenvalue weighted by Gasteiger charge is -2.08. The van der Waals surface area contributed by atoms with Gasteiger partial charge >= 0.3 is 0 Å². The fraction of sp³-hybridized carbons (Fsp3) is 0.143. The molecule has 0 spiro atoms. The molecule has 2 rings (SSSR count). The minimum atomic E-state index is -0.376. The summed E-state index contributed by atoms with van der Waals surface area (Å²) in [5, 5.41) is 13.9. The predicted molar refractivity (Wildman–Crippen MR) is 76.0 cm³/mol. The molecule has 2 aromatic rings. The van der Waals surface area contributed by atoms with Gasteiger partial charge in [0.15, 0.2) is 0 Å². The molecule has 19 heavy (non-hydrogen) atoms. The molecule has 0 aromatic heterocycles. The summed E-state index contributed by atoms with van der Waals surface area (Å²) in [5.74, 6) is 0. The fourth-order valence-corrected chi connectivity index (χ4v) is 1.81. The standard InChI is InChI=1S/C14H15N3O2/c1-10-8-13(6-7-14(10)17(18)19)16-9-11-2-4-12(15)5-3-11/h2-8,16H,9,15H2,1H3. The lowest BCUT2D eigenvalue weighted by molar-refractivity contribution is -0.385. The smallest absolute Gasteiger partial charge is 0.272 e. The lowest BCUT2D eigenvalue weighted by Crippen LogP contribution is -2.00. The van der Waals surface area contributed by atoms with E-state index in [9.17, 15) is 10.1 Å². The van der Waals surface area contributed by atoms with Gasteiger partial charge in [0.05, 0.1) is 4.92 Å². The molecule has 0 aliphatic rings. The van der Waals surface area contributed by atoms with Gasteiger partial charge in [0.25, 0.3) is 5.69 Å². The summed E-state index contributed by atoms with van der Waals surface area (Å²) in [6, 6.07) is 12.6. The number of nitrogens with one attached hydrogen (secondary N) is 1. The second-order valence-corrected chi connectivity index (χ2v) is 4.35. The van der Waals surface area contributed by atoms with Gasteiger partial charge in [0.1, 0.15) is 0 Å². The van der Waals surface area contributed by atoms with Crippen LogP contribution in [0.25, 0.3) is 0 Å². The number of nitro groups is 1. The van der Waals surface area contributed by atoms with Crippen LogP contribution in [-0.2, 0) is 6.54 Å². The van der Waals surface area contributed by atoms with Crippen molar-refractivity contribution in [3.63, 3.8) is 0 Å². The van der Waals surface area contributed by atoms with Gasteiger partial charge in [-0.25, -0.2) is 0 Å². The van der Waals surface area contributed by atoms with Gasteiger partial charge in [-0.15, -0.1) is 0 Å². The number of rotatable bonds is 4. The predicted octanol–water partition coefficient (Wildman–Crippen LogP) is 3.10. The molecule has 5 nitrogen and oxygen atoms in total. The van der Waals surface area contributed by atoms with E-state index in [2.05, 4.69) is 5.32 Å². The van der Waals surface area contributed by atoms with E-state index < -0.39 is 0 Å². The summed E-state index contributed by atoms with van der Waals surface area (Å²) in [4.78, 5) is 10.3. The van der Waals surface area contributed by atoms with E-state index >= 15 is 0 Å². The van der Waals surface area contributed by atoms with Gasteiger partial charge in [0, 0.05) is 29.5 Å². The Bertz CT molecular complexity index is 594. The zero-order valence-corrected chi connectivity index (χ0v) is 10.6. The van der Waals surface area contributed by atoms with Crippen LogP contribution in [0.5, 0.6) is 0 Å². The molecule has 0 saturated carbocycles. The fourth-order valence-electron chi connectivity index (χ4n) is 1.81. The third kappa shape index (κ3) is 3.22. The van der Waals surface area contributed by atoms with Crippen molar-refractivity contribution in [1.82, 2.24) is 0 Å². The van der Waals surface area contributed by atoms with Crippen molar-refractivity contribution in [3.8, 4) is 0 Å². The number of hydrogen-bond donors (Lipinski definition) is 2. The molecule has 0 aliphatic carbocycles. The van der Waals surface area contributed by atoms with Crippen molar-refractivity contribution in [1.29, 1.82) is 0 Å². The molecule has 2 aromatic carbocycles. The van der Waals surface area contributed by atoms with E-state index in [1.54, 1.807) is 19.1 Å². The second-order valence-electron chi connectivity index (χ2n) is 4.35. The molecule has 0 atom stereocenters. The van der Waals surface area contributed by atoms with Gasteiger partial charge < -0.3 is 11.1 Å². The summed E-state index contributed by atoms with van der Waals surface area (Å²) < 4.78 is 0. The van der Waals surface area contributed by atoms with E-state index in [0.29, 0.717) is 12.1 Å². The number of benzene rings is 2. The Morgan fingerprint density at radius 1 is 1.21 bits per heavy atom. The quantitative estimate of drug-likeness (QED) is 0.501. The van der Waals surface area contributed by atoms with E-state index in [1.807, 2.05) is 24.3 Å². The van der Waals surface area contributed by atoms with E-state index in [1.165, 1.54) is 6.07 Å². The van der Waals surface area contributed by atoms with Crippen LogP contribution in [0.3, 0.4) is 0 Å². The maximum absolute atomic E-state index is 10.7. The summed E-state index contributed by atoms with van der Waals surface area (Å²) in [6.07, 6.45) is 0. The molecule has 0 aliphatic heterocycles. The van der Waals surface area contributed by atoms with E-state index in [0.717, 1.165) is 16.9 Å². The first-order valence-corrected chi connectivity index (χ1v) is 5.89. The van der Waals surface area contributed by atoms with Crippen LogP contribution in [0, 0.1) is 17.0 Å². The molecular formula is C14H15N3O2. The Morgan fingerprint density at radius 3 is 2.47 bits per heavy atom. The molecule has 0 unspecified atom stereocenters. The molecule has 0 saturated heterocycles. The summed E-state index contributed by atoms with van der Waals surface area (Å²) in [5.41, 5.74) is 9.09. The second kappa shape index (κ2) is 5.39. The average molecular weight is 257 g/mol. The SMILES string of the molecule is Cc1cc(NCc2ccc(N)cc2)ccc1[N+](=O)[O-]. The first-order chi connectivity index (χ1) is 9.06. The Labute approximate surface area is 111 Å². The number of nitrogen functional groups attached to an aromatic ring is 1. The van der Waals surface area contributed by atoms with Gasteiger partial charge in [-0.3, -0.25) is 10.1 Å². The zero-order chi connectivity index (χ0) is 13.8. The van der Waals surface area contributed by atoms with Crippen molar-refractivity contribution >= 4 is 17.1 Å². The van der Waals surface area contributed by atoms with Gasteiger partial charge in [-0.1, -0.05) is 12.1 Å². The molecule has 0 heterocycles. The van der Waals surface area contributed by atoms with Crippen LogP contribution in [0.2, 0.25) is 0 Å². The Kier molecular flexibility index (Phi) is 3.66. The van der Waals surface area contributed by atoms with Gasteiger partial charge in [-0.2, -0.15) is 0 Å². The highest BCUT2D eigenvalue weighted by Crippen LogP contribution is 2.22. The van der Waals surface area contributed by atoms with Crippen molar-refractivity contribution in [2.45, 2.75) is 13.5 Å². The summed E-state index contributed by atoms with van der Waals surface area (Å²) in [7, 11) is 0. The molecule has 5 heteroatoms. The molecule has 3 N–H and O–H groups in total. The number of anilines is 2. The average Bonchev–Trinajstić information content (AvgIpc) is 2.37. The highest BCUT2D eigenvalue weighted by Gasteiger charge is 2.09. The van der Waals surface area contributed by atoms with E-state index in [-0.39, 0.29) is 10.6 Å². The molecular weight excluding hydrogens is 242 g/mol. The van der Waals surface area contributed by atoms with Crippen LogP contribution in [0.15, 0.2) is 42.5 Å². The van der Waals surface area contributed by atoms with Crippen LogP contribution < -0.4 is 11.1 Å². The number of nitrogens with two attached hydrogens (primary N) is 1. The third-order valence-electron chi connectivity index (χ3n) is 2.87. The van der Waals surface area contributed by atoms with Crippen molar-refractivity contribution < 1.29 is 4.92 Å². The van der Waals surface area contributed by atoms with Crippen molar-refractivity contribution in [2.24, 2.45) is 0 Å². The van der Waals surface area contributed by atoms with Gasteiger partial charge in [0.2, 0.25) is 0 Å². The Hall–Kier alpha value is -2.56. The maximum Gasteiger partial charge on any atom is 0.272 e. The number of nitrogens with zero attached hydrogens (tertiary/aromatic N) is 1. The maximum atomic E-state index is 10.7. The molecule has 0 bridgehead atoms. The van der Waals surface area contributed by atoms with Crippen LogP contribution in [0.1, 0.15) is 11.1 Å². The molecule has 0 fully saturated rings. The number of nitro benzene ring substituents is 1. The normalized spacial score (nSPS) is 10.2. The number of hydrogen-bond acceptors (Lipinski definition) is 4. The first kappa shape index (κ1) is 12.9. The lowest BCUT2D eigenvalue weighted by atomic mass is 10.1. The van der Waals surface area contributed by atoms with Crippen LogP contribution in [0.4, 0.5) is 17.1 Å². The summed E-state index contributed by atoms with van der Waals surface area (Å²) in [6.45, 7) is 2.38. The first-order valence-electron chi connectivity index (χ1n) is 5.89. The van der Waals surface area contributed by atoms with Crippen molar-refractivity contribution in [3.05, 3.63) is 63.7 Å². The zero-order valence-electron chi connectivity index (χ0n) is 10.6.